The van der Waals surface area contributed by atoms with Crippen molar-refractivity contribution in [2.24, 2.45) is 0 Å². The number of carbonyl (C=O) groups is 2. The van der Waals surface area contributed by atoms with Crippen LogP contribution in [0, 0.1) is 6.92 Å². The maximum atomic E-state index is 13.7. The van der Waals surface area contributed by atoms with Crippen LogP contribution in [0.5, 0.6) is 5.75 Å². The van der Waals surface area contributed by atoms with Gasteiger partial charge in [0.15, 0.2) is 0 Å². The molecule has 0 aliphatic carbocycles. The second-order valence-corrected chi connectivity index (χ2v) is 10.4. The van der Waals surface area contributed by atoms with Gasteiger partial charge < -0.3 is 14.5 Å². The number of carbonyl (C=O) groups excluding carboxylic acids is 2. The molecule has 1 aliphatic rings. The Balaban J connectivity index is 1.56. The van der Waals surface area contributed by atoms with Crippen LogP contribution in [0.3, 0.4) is 0 Å². The lowest BCUT2D eigenvalue weighted by Gasteiger charge is -2.38. The molecule has 4 rings (SSSR count). The van der Waals surface area contributed by atoms with E-state index in [0.29, 0.717) is 23.7 Å². The highest BCUT2D eigenvalue weighted by molar-refractivity contribution is 7.10. The minimum absolute atomic E-state index is 0.0146. The Morgan fingerprint density at radius 2 is 2.00 bits per heavy atom. The van der Waals surface area contributed by atoms with Crippen LogP contribution < -0.4 is 4.74 Å². The first-order chi connectivity index (χ1) is 16.9. The summed E-state index contributed by atoms with van der Waals surface area (Å²) in [5.41, 5.74) is 2.69. The summed E-state index contributed by atoms with van der Waals surface area (Å²) in [7, 11) is 0. The average Bonchev–Trinajstić information content (AvgIpc) is 3.35. The van der Waals surface area contributed by atoms with Gasteiger partial charge in [-0.25, -0.2) is 0 Å². The number of para-hydroxylation sites is 1. The number of halogens is 1. The molecule has 0 N–H and O–H groups in total. The second kappa shape index (κ2) is 11.3. The molecule has 0 bridgehead atoms. The molecule has 1 aromatic heterocycles. The summed E-state index contributed by atoms with van der Waals surface area (Å²) in [5, 5.41) is 2.58. The molecule has 2 aromatic carbocycles. The quantitative estimate of drug-likeness (QED) is 0.365. The number of hydrogen-bond acceptors (Lipinski definition) is 4. The predicted octanol–water partition coefficient (Wildman–Crippen LogP) is 6.16. The molecule has 2 heterocycles. The first-order valence-corrected chi connectivity index (χ1v) is 13.3. The molecule has 0 radical (unpaired) electrons. The van der Waals surface area contributed by atoms with E-state index in [4.69, 9.17) is 16.3 Å². The van der Waals surface area contributed by atoms with E-state index in [1.54, 1.807) is 40.5 Å². The molecule has 5 nitrogen and oxygen atoms in total. The zero-order valence-electron chi connectivity index (χ0n) is 20.4. The molecule has 0 fully saturated rings. The van der Waals surface area contributed by atoms with Gasteiger partial charge in [-0.1, -0.05) is 42.8 Å². The van der Waals surface area contributed by atoms with Crippen molar-refractivity contribution in [1.82, 2.24) is 9.80 Å². The van der Waals surface area contributed by atoms with E-state index in [0.717, 1.165) is 29.7 Å². The van der Waals surface area contributed by atoms with Crippen molar-refractivity contribution < 1.29 is 14.3 Å². The van der Waals surface area contributed by atoms with Gasteiger partial charge in [0, 0.05) is 28.0 Å². The van der Waals surface area contributed by atoms with Gasteiger partial charge >= 0.3 is 0 Å². The van der Waals surface area contributed by atoms with Gasteiger partial charge in [-0.2, -0.15) is 0 Å². The van der Waals surface area contributed by atoms with E-state index in [1.165, 1.54) is 4.88 Å². The SMILES string of the molecule is CCC(C)N(CC(=O)N1CCc2sccc2C1COc1ccccc1C)C(=O)c1cccc(Cl)c1. The largest absolute Gasteiger partial charge is 0.491 e. The highest BCUT2D eigenvalue weighted by Crippen LogP contribution is 2.34. The van der Waals surface area contributed by atoms with Crippen LogP contribution in [-0.2, 0) is 11.2 Å². The molecule has 1 aliphatic heterocycles. The lowest BCUT2D eigenvalue weighted by Crippen LogP contribution is -2.49. The average molecular weight is 511 g/mol. The van der Waals surface area contributed by atoms with E-state index in [1.807, 2.05) is 49.9 Å². The minimum atomic E-state index is -0.197. The van der Waals surface area contributed by atoms with Crippen LogP contribution in [-0.4, -0.2) is 47.4 Å². The first-order valence-electron chi connectivity index (χ1n) is 12.0. The summed E-state index contributed by atoms with van der Waals surface area (Å²) < 4.78 is 6.20. The summed E-state index contributed by atoms with van der Waals surface area (Å²) in [4.78, 5) is 31.9. The van der Waals surface area contributed by atoms with E-state index in [9.17, 15) is 9.59 Å². The summed E-state index contributed by atoms with van der Waals surface area (Å²) in [6.07, 6.45) is 1.55. The monoisotopic (exact) mass is 510 g/mol. The van der Waals surface area contributed by atoms with Crippen molar-refractivity contribution in [3.8, 4) is 5.75 Å². The van der Waals surface area contributed by atoms with Gasteiger partial charge in [-0.3, -0.25) is 9.59 Å². The third-order valence-corrected chi connectivity index (χ3v) is 7.90. The lowest BCUT2D eigenvalue weighted by atomic mass is 10.00. The topological polar surface area (TPSA) is 49.9 Å². The van der Waals surface area contributed by atoms with Crippen LogP contribution in [0.4, 0.5) is 0 Å². The summed E-state index contributed by atoms with van der Waals surface area (Å²) in [5.74, 6) is 0.562. The highest BCUT2D eigenvalue weighted by Gasteiger charge is 2.34. The molecule has 2 amide bonds. The molecule has 35 heavy (non-hydrogen) atoms. The summed E-state index contributed by atoms with van der Waals surface area (Å²) in [6.45, 7) is 6.99. The molecule has 2 atom stereocenters. The Kier molecular flexibility index (Phi) is 8.14. The molecular weight excluding hydrogens is 480 g/mol. The Hall–Kier alpha value is -2.83. The fraction of sp³-hybridized carbons (Fsp3) is 0.357. The lowest BCUT2D eigenvalue weighted by molar-refractivity contribution is -0.136. The van der Waals surface area contributed by atoms with Crippen LogP contribution in [0.1, 0.15) is 52.7 Å². The van der Waals surface area contributed by atoms with Gasteiger partial charge in [0.1, 0.15) is 18.9 Å². The standard InChI is InChI=1S/C28H31ClN2O3S/c1-4-20(3)31(28(33)21-9-7-10-22(29)16-21)17-27(32)30-14-12-26-23(13-15-35-26)24(30)18-34-25-11-6-5-8-19(25)2/h5-11,13,15-16,20,24H,4,12,14,17-18H2,1-3H3. The normalized spacial score (nSPS) is 15.9. The van der Waals surface area contributed by atoms with Crippen LogP contribution >= 0.6 is 22.9 Å². The van der Waals surface area contributed by atoms with Crippen LogP contribution in [0.15, 0.2) is 60.0 Å². The summed E-state index contributed by atoms with van der Waals surface area (Å²) >= 11 is 7.85. The number of aryl methyl sites for hydroxylation is 1. The number of amides is 2. The molecule has 3 aromatic rings. The van der Waals surface area contributed by atoms with E-state index >= 15 is 0 Å². The molecular formula is C28H31ClN2O3S. The Bertz CT molecular complexity index is 1190. The third kappa shape index (κ3) is 5.71. The predicted molar refractivity (Wildman–Crippen MR) is 141 cm³/mol. The number of hydrogen-bond donors (Lipinski definition) is 0. The molecule has 0 spiro atoms. The first kappa shape index (κ1) is 25.3. The van der Waals surface area contributed by atoms with Crippen molar-refractivity contribution >= 4 is 34.8 Å². The second-order valence-electron chi connectivity index (χ2n) is 8.93. The molecule has 7 heteroatoms. The number of benzene rings is 2. The number of ether oxygens (including phenoxy) is 1. The number of thiophene rings is 1. The van der Waals surface area contributed by atoms with Crippen molar-refractivity contribution in [2.45, 2.75) is 45.7 Å². The fourth-order valence-electron chi connectivity index (χ4n) is 4.43. The van der Waals surface area contributed by atoms with E-state index in [-0.39, 0.29) is 30.4 Å². The Morgan fingerprint density at radius 3 is 2.74 bits per heavy atom. The fourth-order valence-corrected chi connectivity index (χ4v) is 5.55. The van der Waals surface area contributed by atoms with Crippen LogP contribution in [0.2, 0.25) is 5.02 Å². The van der Waals surface area contributed by atoms with E-state index < -0.39 is 0 Å². The number of nitrogens with zero attached hydrogens (tertiary/aromatic N) is 2. The number of rotatable bonds is 8. The van der Waals surface area contributed by atoms with E-state index in [2.05, 4.69) is 11.4 Å². The Labute approximate surface area is 216 Å². The highest BCUT2D eigenvalue weighted by atomic mass is 35.5. The van der Waals surface area contributed by atoms with Crippen molar-refractivity contribution in [2.75, 3.05) is 19.7 Å². The summed E-state index contributed by atoms with van der Waals surface area (Å²) in [6, 6.07) is 16.6. The molecule has 0 saturated carbocycles. The van der Waals surface area contributed by atoms with Gasteiger partial charge in [0.25, 0.3) is 5.91 Å². The maximum Gasteiger partial charge on any atom is 0.254 e. The van der Waals surface area contributed by atoms with Gasteiger partial charge in [-0.05, 0) is 73.5 Å². The van der Waals surface area contributed by atoms with Gasteiger partial charge in [0.05, 0.1) is 6.04 Å². The van der Waals surface area contributed by atoms with Crippen molar-refractivity contribution in [3.05, 3.63) is 86.6 Å². The Morgan fingerprint density at radius 1 is 1.20 bits per heavy atom. The van der Waals surface area contributed by atoms with Gasteiger partial charge in [-0.15, -0.1) is 11.3 Å². The molecule has 184 valence electrons. The molecule has 0 saturated heterocycles. The van der Waals surface area contributed by atoms with Crippen molar-refractivity contribution in [3.63, 3.8) is 0 Å². The van der Waals surface area contributed by atoms with Crippen molar-refractivity contribution in [1.29, 1.82) is 0 Å². The third-order valence-electron chi connectivity index (χ3n) is 6.67. The molecule has 2 unspecified atom stereocenters. The van der Waals surface area contributed by atoms with Crippen LogP contribution in [0.25, 0.3) is 0 Å². The smallest absolute Gasteiger partial charge is 0.254 e. The zero-order chi connectivity index (χ0) is 24.9. The zero-order valence-corrected chi connectivity index (χ0v) is 21.9. The maximum absolute atomic E-state index is 13.7. The minimum Gasteiger partial charge on any atom is -0.491 e. The number of fused-ring (bicyclic) bond motifs is 1. The van der Waals surface area contributed by atoms with Gasteiger partial charge in [0.2, 0.25) is 5.91 Å².